The summed E-state index contributed by atoms with van der Waals surface area (Å²) in [5.74, 6) is -0.279. The summed E-state index contributed by atoms with van der Waals surface area (Å²) in [5, 5.41) is 5.80. The zero-order valence-corrected chi connectivity index (χ0v) is 20.3. The molecule has 0 fully saturated rings. The van der Waals surface area contributed by atoms with Gasteiger partial charge in [-0.25, -0.2) is 12.4 Å². The van der Waals surface area contributed by atoms with E-state index in [4.69, 9.17) is 16.3 Å². The van der Waals surface area contributed by atoms with E-state index in [0.717, 1.165) is 28.4 Å². The third-order valence-electron chi connectivity index (χ3n) is 5.27. The number of carbonyl (C=O) groups excluding carboxylic acids is 1. The third kappa shape index (κ3) is 4.69. The minimum absolute atomic E-state index is 0.0266. The van der Waals surface area contributed by atoms with E-state index in [1.54, 1.807) is 18.2 Å². The Hall–Kier alpha value is -3.77. The van der Waals surface area contributed by atoms with Gasteiger partial charge in [-0.15, -0.1) is 0 Å². The number of pyridine rings is 1. The highest BCUT2D eigenvalue weighted by molar-refractivity contribution is 7.90. The number of aromatic nitrogens is 2. The molecule has 2 aromatic heterocycles. The quantitative estimate of drug-likeness (QED) is 0.333. The first kappa shape index (κ1) is 25.3. The van der Waals surface area contributed by atoms with E-state index in [1.165, 1.54) is 26.3 Å². The fourth-order valence-corrected chi connectivity index (χ4v) is 5.12. The predicted octanol–water partition coefficient (Wildman–Crippen LogP) is 5.06. The van der Waals surface area contributed by atoms with Gasteiger partial charge in [-0.05, 0) is 42.5 Å². The molecule has 0 saturated carbocycles. The van der Waals surface area contributed by atoms with Crippen LogP contribution in [0.5, 0.6) is 5.88 Å². The van der Waals surface area contributed by atoms with Crippen molar-refractivity contribution in [1.29, 1.82) is 0 Å². The number of fused-ring (bicyclic) bond motifs is 1. The molecule has 0 bridgehead atoms. The van der Waals surface area contributed by atoms with E-state index < -0.39 is 32.6 Å². The van der Waals surface area contributed by atoms with Crippen molar-refractivity contribution < 1.29 is 31.1 Å². The standard InChI is InChI=1S/C23H18ClF3N4O4S/c1-28-22(32)17-12-31(36(33,34)15-5-3-4-13(10-15)23(25,26)27)19-11-14(6-7-16(17)19)29-18-8-9-20(35-2)30-21(18)24/h3-12,29H,1-2H3,(H,28,32). The van der Waals surface area contributed by atoms with Crippen LogP contribution in [0.4, 0.5) is 24.5 Å². The first-order chi connectivity index (χ1) is 17.0. The Labute approximate surface area is 208 Å². The third-order valence-corrected chi connectivity index (χ3v) is 7.23. The van der Waals surface area contributed by atoms with Gasteiger partial charge in [0.1, 0.15) is 0 Å². The van der Waals surface area contributed by atoms with Crippen molar-refractivity contribution in [2.24, 2.45) is 0 Å². The van der Waals surface area contributed by atoms with E-state index in [9.17, 15) is 26.4 Å². The lowest BCUT2D eigenvalue weighted by Gasteiger charge is -2.12. The van der Waals surface area contributed by atoms with Crippen molar-refractivity contribution in [3.05, 3.63) is 77.1 Å². The van der Waals surface area contributed by atoms with Gasteiger partial charge in [-0.2, -0.15) is 18.2 Å². The van der Waals surface area contributed by atoms with Gasteiger partial charge in [0.25, 0.3) is 15.9 Å². The number of nitrogens with one attached hydrogen (secondary N) is 2. The second-order valence-corrected chi connectivity index (χ2v) is 9.67. The molecule has 1 amide bonds. The molecule has 0 aliphatic heterocycles. The monoisotopic (exact) mass is 538 g/mol. The minimum Gasteiger partial charge on any atom is -0.481 e. The number of alkyl halides is 3. The summed E-state index contributed by atoms with van der Waals surface area (Å²) >= 11 is 6.18. The van der Waals surface area contributed by atoms with Gasteiger partial charge in [-0.1, -0.05) is 17.7 Å². The Morgan fingerprint density at radius 2 is 1.86 bits per heavy atom. The van der Waals surface area contributed by atoms with E-state index in [1.807, 2.05) is 0 Å². The Morgan fingerprint density at radius 3 is 2.50 bits per heavy atom. The number of halogens is 4. The SMILES string of the molecule is CNC(=O)c1cn(S(=O)(=O)c2cccc(C(F)(F)F)c2)c2cc(Nc3ccc(OC)nc3Cl)ccc12. The molecule has 2 N–H and O–H groups in total. The van der Waals surface area contributed by atoms with Gasteiger partial charge in [0.15, 0.2) is 5.15 Å². The van der Waals surface area contributed by atoms with Crippen LogP contribution in [-0.4, -0.2) is 37.4 Å². The highest BCUT2D eigenvalue weighted by atomic mass is 35.5. The molecule has 0 atom stereocenters. The Bertz CT molecular complexity index is 1590. The van der Waals surface area contributed by atoms with Crippen LogP contribution in [0.15, 0.2) is 65.7 Å². The van der Waals surface area contributed by atoms with Crippen LogP contribution < -0.4 is 15.4 Å². The van der Waals surface area contributed by atoms with Crippen molar-refractivity contribution in [3.8, 4) is 5.88 Å². The Balaban J connectivity index is 1.87. The van der Waals surface area contributed by atoms with Crippen molar-refractivity contribution in [2.45, 2.75) is 11.1 Å². The smallest absolute Gasteiger partial charge is 0.416 e. The molecular weight excluding hydrogens is 521 g/mol. The van der Waals surface area contributed by atoms with Crippen LogP contribution in [-0.2, 0) is 16.2 Å². The lowest BCUT2D eigenvalue weighted by Crippen LogP contribution is -2.18. The fourth-order valence-electron chi connectivity index (χ4n) is 3.52. The number of anilines is 2. The van der Waals surface area contributed by atoms with E-state index in [-0.39, 0.29) is 27.5 Å². The fraction of sp³-hybridized carbons (Fsp3) is 0.130. The molecule has 0 unspecified atom stereocenters. The second-order valence-electron chi connectivity index (χ2n) is 7.50. The molecule has 0 radical (unpaired) electrons. The topological polar surface area (TPSA) is 102 Å². The van der Waals surface area contributed by atoms with Crippen molar-refractivity contribution in [1.82, 2.24) is 14.3 Å². The molecule has 13 heteroatoms. The van der Waals surface area contributed by atoms with Crippen LogP contribution in [0.2, 0.25) is 5.15 Å². The molecule has 0 aliphatic carbocycles. The number of ether oxygens (including phenoxy) is 1. The average Bonchev–Trinajstić information content (AvgIpc) is 3.24. The van der Waals surface area contributed by atoms with Crippen LogP contribution in [0.25, 0.3) is 10.9 Å². The molecule has 188 valence electrons. The number of hydrogen-bond acceptors (Lipinski definition) is 6. The van der Waals surface area contributed by atoms with Gasteiger partial charge in [0.05, 0.1) is 34.3 Å². The number of nitrogens with zero attached hydrogens (tertiary/aromatic N) is 2. The highest BCUT2D eigenvalue weighted by Gasteiger charge is 2.32. The highest BCUT2D eigenvalue weighted by Crippen LogP contribution is 2.34. The summed E-state index contributed by atoms with van der Waals surface area (Å²) in [6, 6.07) is 11.1. The van der Waals surface area contributed by atoms with Crippen molar-refractivity contribution in [3.63, 3.8) is 0 Å². The number of carbonyl (C=O) groups is 1. The number of methoxy groups -OCH3 is 1. The van der Waals surface area contributed by atoms with E-state index in [0.29, 0.717) is 17.4 Å². The van der Waals surface area contributed by atoms with Crippen LogP contribution in [0.1, 0.15) is 15.9 Å². The Morgan fingerprint density at radius 1 is 1.11 bits per heavy atom. The lowest BCUT2D eigenvalue weighted by atomic mass is 10.1. The van der Waals surface area contributed by atoms with Gasteiger partial charge >= 0.3 is 6.18 Å². The molecule has 0 aliphatic rings. The largest absolute Gasteiger partial charge is 0.481 e. The number of rotatable bonds is 6. The molecular formula is C23H18ClF3N4O4S. The van der Waals surface area contributed by atoms with Gasteiger partial charge in [0, 0.05) is 30.4 Å². The van der Waals surface area contributed by atoms with Crippen LogP contribution >= 0.6 is 11.6 Å². The summed E-state index contributed by atoms with van der Waals surface area (Å²) in [4.78, 5) is 15.9. The second kappa shape index (κ2) is 9.36. The molecule has 2 aromatic carbocycles. The lowest BCUT2D eigenvalue weighted by molar-refractivity contribution is -0.137. The summed E-state index contributed by atoms with van der Waals surface area (Å²) in [6.45, 7) is 0. The van der Waals surface area contributed by atoms with Gasteiger partial charge < -0.3 is 15.4 Å². The van der Waals surface area contributed by atoms with Crippen LogP contribution in [0.3, 0.4) is 0 Å². The number of hydrogen-bond donors (Lipinski definition) is 2. The maximum Gasteiger partial charge on any atom is 0.416 e. The van der Waals surface area contributed by atoms with Crippen molar-refractivity contribution >= 4 is 49.8 Å². The van der Waals surface area contributed by atoms with Gasteiger partial charge in [0.2, 0.25) is 5.88 Å². The first-order valence-electron chi connectivity index (χ1n) is 10.2. The van der Waals surface area contributed by atoms with E-state index in [2.05, 4.69) is 15.6 Å². The molecule has 8 nitrogen and oxygen atoms in total. The zero-order valence-electron chi connectivity index (χ0n) is 18.7. The Kier molecular flexibility index (Phi) is 6.58. The predicted molar refractivity (Wildman–Crippen MR) is 128 cm³/mol. The summed E-state index contributed by atoms with van der Waals surface area (Å²) in [6.07, 6.45) is -3.66. The molecule has 0 spiro atoms. The number of amides is 1. The molecule has 4 rings (SSSR count). The molecule has 4 aromatic rings. The number of benzene rings is 2. The summed E-state index contributed by atoms with van der Waals surface area (Å²) in [5.41, 5.74) is -0.247. The molecule has 2 heterocycles. The molecule has 0 saturated heterocycles. The molecule has 36 heavy (non-hydrogen) atoms. The normalized spacial score (nSPS) is 11.9. The minimum atomic E-state index is -4.74. The van der Waals surface area contributed by atoms with Crippen molar-refractivity contribution in [2.75, 3.05) is 19.5 Å². The van der Waals surface area contributed by atoms with Crippen LogP contribution in [0, 0.1) is 0 Å². The summed E-state index contributed by atoms with van der Waals surface area (Å²) < 4.78 is 72.3. The maximum absolute atomic E-state index is 13.4. The zero-order chi connectivity index (χ0) is 26.3. The average molecular weight is 539 g/mol. The summed E-state index contributed by atoms with van der Waals surface area (Å²) in [7, 11) is -1.71. The van der Waals surface area contributed by atoms with E-state index >= 15 is 0 Å². The first-order valence-corrected chi connectivity index (χ1v) is 12.0. The maximum atomic E-state index is 13.4. The van der Waals surface area contributed by atoms with Gasteiger partial charge in [-0.3, -0.25) is 4.79 Å².